The molecule has 0 aromatic carbocycles. The molecule has 0 saturated carbocycles. The molecule has 9 nitrogen and oxygen atoms in total. The summed E-state index contributed by atoms with van der Waals surface area (Å²) in [5.74, 6) is -2.94. The topological polar surface area (TPSA) is 173 Å². The van der Waals surface area contributed by atoms with E-state index in [2.05, 4.69) is 26.7 Å². The zero-order valence-electron chi connectivity index (χ0n) is 17.1. The van der Waals surface area contributed by atoms with Crippen molar-refractivity contribution < 1.29 is 45.0 Å². The number of carboxylic acids is 3. The number of carboxylic acid groups (broad SMARTS) is 3. The van der Waals surface area contributed by atoms with Crippen LogP contribution in [0.25, 0.3) is 0 Å². The van der Waals surface area contributed by atoms with E-state index in [1.165, 1.54) is 19.3 Å². The van der Waals surface area contributed by atoms with Crippen LogP contribution in [0.5, 0.6) is 0 Å². The van der Waals surface area contributed by atoms with E-state index in [-0.39, 0.29) is 19.8 Å². The van der Waals surface area contributed by atoms with Gasteiger partial charge in [-0.2, -0.15) is 0 Å². The van der Waals surface area contributed by atoms with E-state index in [0.29, 0.717) is 6.42 Å². The summed E-state index contributed by atoms with van der Waals surface area (Å²) in [6.45, 7) is 10.7. The molecular formula is C20H36O9. The monoisotopic (exact) mass is 420 g/mol. The van der Waals surface area contributed by atoms with E-state index in [1.807, 2.05) is 0 Å². The fourth-order valence-corrected chi connectivity index (χ4v) is 1.49. The highest BCUT2D eigenvalue weighted by atomic mass is 16.4. The second kappa shape index (κ2) is 25.5. The van der Waals surface area contributed by atoms with Gasteiger partial charge in [0.15, 0.2) is 0 Å². The maximum atomic E-state index is 9.25. The molecule has 0 amide bonds. The minimum atomic E-state index is -0.981. The third-order valence-corrected chi connectivity index (χ3v) is 3.34. The number of carbonyl (C=O) groups is 3. The highest BCUT2D eigenvalue weighted by Gasteiger charge is 2.26. The van der Waals surface area contributed by atoms with Crippen molar-refractivity contribution in [2.75, 3.05) is 19.8 Å². The summed E-state index contributed by atoms with van der Waals surface area (Å²) in [4.78, 5) is 27.8. The minimum absolute atomic E-state index is 0.131. The van der Waals surface area contributed by atoms with Gasteiger partial charge in [0, 0.05) is 23.6 Å². The Kier molecular flexibility index (Phi) is 29.9. The second-order valence-electron chi connectivity index (χ2n) is 5.77. The second-order valence-corrected chi connectivity index (χ2v) is 5.77. The first-order valence-electron chi connectivity index (χ1n) is 8.94. The Morgan fingerprint density at radius 3 is 1.17 bits per heavy atom. The molecule has 0 aromatic rings. The molecule has 0 heterocycles. The first-order chi connectivity index (χ1) is 13.6. The Hall–Kier alpha value is -2.49. The molecule has 9 heteroatoms. The normalized spacial score (nSPS) is 9.10. The van der Waals surface area contributed by atoms with Gasteiger partial charge in [0.25, 0.3) is 0 Å². The third-order valence-electron chi connectivity index (χ3n) is 3.34. The molecule has 29 heavy (non-hydrogen) atoms. The highest BCUT2D eigenvalue weighted by molar-refractivity contribution is 5.79. The summed E-state index contributed by atoms with van der Waals surface area (Å²) in [6.07, 6.45) is 8.96. The number of hydrogen-bond acceptors (Lipinski definition) is 6. The van der Waals surface area contributed by atoms with E-state index < -0.39 is 23.3 Å². The van der Waals surface area contributed by atoms with Gasteiger partial charge in [0.2, 0.25) is 0 Å². The summed E-state index contributed by atoms with van der Waals surface area (Å²) in [5, 5.41) is 50.0. The fraction of sp³-hybridized carbons (Fsp3) is 0.550. The number of aliphatic hydroxyl groups excluding tert-OH is 3. The van der Waals surface area contributed by atoms with Crippen LogP contribution < -0.4 is 0 Å². The predicted octanol–water partition coefficient (Wildman–Crippen LogP) is 2.08. The largest absolute Gasteiger partial charge is 0.478 e. The molecule has 170 valence electrons. The molecule has 0 aliphatic carbocycles. The van der Waals surface area contributed by atoms with Gasteiger partial charge in [-0.05, 0) is 6.42 Å². The number of unbranched alkanes of at least 4 members (excludes halogenated alkanes) is 4. The summed E-state index contributed by atoms with van der Waals surface area (Å²) in [7, 11) is 0. The van der Waals surface area contributed by atoms with Gasteiger partial charge >= 0.3 is 17.9 Å². The molecule has 0 aliphatic rings. The average Bonchev–Trinajstić information content (AvgIpc) is 2.72. The minimum Gasteiger partial charge on any atom is -0.478 e. The lowest BCUT2D eigenvalue weighted by Gasteiger charge is -2.27. The molecule has 0 fully saturated rings. The lowest BCUT2D eigenvalue weighted by molar-refractivity contribution is -0.132. The van der Waals surface area contributed by atoms with Gasteiger partial charge in [0.1, 0.15) is 0 Å². The summed E-state index contributed by atoms with van der Waals surface area (Å²) in [5.41, 5.74) is -0.661. The molecule has 0 rings (SSSR count). The van der Waals surface area contributed by atoms with Crippen LogP contribution in [-0.4, -0.2) is 68.4 Å². The number of aliphatic hydroxyl groups is 3. The lowest BCUT2D eigenvalue weighted by Crippen LogP contribution is -2.33. The third kappa shape index (κ3) is 33.5. The molecule has 0 aromatic heterocycles. The first kappa shape index (κ1) is 34.0. The smallest absolute Gasteiger partial charge is 0.327 e. The highest BCUT2D eigenvalue weighted by Crippen LogP contribution is 2.23. The lowest BCUT2D eigenvalue weighted by atomic mass is 9.85. The maximum absolute atomic E-state index is 9.25. The van der Waals surface area contributed by atoms with Crippen molar-refractivity contribution in [3.63, 3.8) is 0 Å². The summed E-state index contributed by atoms with van der Waals surface area (Å²) in [6, 6.07) is 0. The molecule has 0 bridgehead atoms. The van der Waals surface area contributed by atoms with Crippen molar-refractivity contribution in [1.82, 2.24) is 0 Å². The Labute approximate surface area is 172 Å². The van der Waals surface area contributed by atoms with Crippen molar-refractivity contribution in [1.29, 1.82) is 0 Å². The molecular weight excluding hydrogens is 384 g/mol. The molecule has 0 spiro atoms. The van der Waals surface area contributed by atoms with Crippen molar-refractivity contribution in [2.24, 2.45) is 5.41 Å². The van der Waals surface area contributed by atoms with Crippen LogP contribution >= 0.6 is 0 Å². The van der Waals surface area contributed by atoms with E-state index in [4.69, 9.17) is 30.6 Å². The molecule has 0 atom stereocenters. The van der Waals surface area contributed by atoms with Crippen LogP contribution in [0.4, 0.5) is 0 Å². The fourth-order valence-electron chi connectivity index (χ4n) is 1.49. The van der Waals surface area contributed by atoms with Crippen molar-refractivity contribution in [2.45, 2.75) is 45.4 Å². The Morgan fingerprint density at radius 1 is 0.690 bits per heavy atom. The summed E-state index contributed by atoms with van der Waals surface area (Å²) >= 11 is 0. The van der Waals surface area contributed by atoms with Crippen molar-refractivity contribution >= 4 is 17.9 Å². The van der Waals surface area contributed by atoms with Gasteiger partial charge in [-0.25, -0.2) is 14.4 Å². The molecule has 0 aliphatic heterocycles. The first-order valence-corrected chi connectivity index (χ1v) is 8.94. The van der Waals surface area contributed by atoms with E-state index >= 15 is 0 Å². The van der Waals surface area contributed by atoms with Gasteiger partial charge in [-0.15, -0.1) is 0 Å². The van der Waals surface area contributed by atoms with Gasteiger partial charge in [-0.3, -0.25) is 0 Å². The van der Waals surface area contributed by atoms with E-state index in [0.717, 1.165) is 31.1 Å². The molecule has 0 radical (unpaired) electrons. The zero-order chi connectivity index (χ0) is 23.7. The van der Waals surface area contributed by atoms with Gasteiger partial charge < -0.3 is 30.6 Å². The standard InChI is InChI=1S/C11H24O3.3C3H4O2/c1-2-3-4-5-6-7-11(8-12,9-13)10-14;3*1-2-3(4)5/h12-14H,2-10H2,1H3;3*2H,1H2,(H,4,5). The Bertz CT molecular complexity index is 404. The van der Waals surface area contributed by atoms with Crippen LogP contribution in [0.3, 0.4) is 0 Å². The van der Waals surface area contributed by atoms with Crippen LogP contribution in [0.1, 0.15) is 45.4 Å². The Morgan fingerprint density at radius 2 is 0.966 bits per heavy atom. The van der Waals surface area contributed by atoms with Crippen molar-refractivity contribution in [3.05, 3.63) is 38.0 Å². The number of aliphatic carboxylic acids is 3. The zero-order valence-corrected chi connectivity index (χ0v) is 17.1. The van der Waals surface area contributed by atoms with Crippen LogP contribution in [0.2, 0.25) is 0 Å². The predicted molar refractivity (Wildman–Crippen MR) is 111 cm³/mol. The Balaban J connectivity index is -0.000000171. The number of rotatable bonds is 12. The van der Waals surface area contributed by atoms with Crippen LogP contribution in [0, 0.1) is 5.41 Å². The van der Waals surface area contributed by atoms with Crippen LogP contribution in [0.15, 0.2) is 38.0 Å². The van der Waals surface area contributed by atoms with Gasteiger partial charge in [0.05, 0.1) is 19.8 Å². The molecule has 0 saturated heterocycles. The summed E-state index contributed by atoms with van der Waals surface area (Å²) < 4.78 is 0. The SMILES string of the molecule is C=CC(=O)O.C=CC(=O)O.C=CC(=O)O.CCCCCCCC(CO)(CO)CO. The average molecular weight is 420 g/mol. The van der Waals surface area contributed by atoms with E-state index in [1.54, 1.807) is 0 Å². The van der Waals surface area contributed by atoms with Crippen LogP contribution in [-0.2, 0) is 14.4 Å². The van der Waals surface area contributed by atoms with Gasteiger partial charge in [-0.1, -0.05) is 58.8 Å². The number of hydrogen-bond donors (Lipinski definition) is 6. The molecule has 6 N–H and O–H groups in total. The molecule has 0 unspecified atom stereocenters. The van der Waals surface area contributed by atoms with E-state index in [9.17, 15) is 14.4 Å². The quantitative estimate of drug-likeness (QED) is 0.204. The van der Waals surface area contributed by atoms with Crippen molar-refractivity contribution in [3.8, 4) is 0 Å². The maximum Gasteiger partial charge on any atom is 0.327 e.